The molecule has 0 aromatic carbocycles. The summed E-state index contributed by atoms with van der Waals surface area (Å²) in [5, 5.41) is 11.0. The Labute approximate surface area is 137 Å². The van der Waals surface area contributed by atoms with Crippen LogP contribution in [0.15, 0.2) is 47.6 Å². The van der Waals surface area contributed by atoms with Crippen LogP contribution < -0.4 is 10.2 Å². The molecule has 24 heavy (non-hydrogen) atoms. The Bertz CT molecular complexity index is 870. The van der Waals surface area contributed by atoms with Crippen LogP contribution in [-0.2, 0) is 4.79 Å². The van der Waals surface area contributed by atoms with Gasteiger partial charge in [-0.15, -0.1) is 10.2 Å². The number of rotatable bonds is 4. The molecule has 4 rings (SSSR count). The van der Waals surface area contributed by atoms with E-state index in [1.807, 2.05) is 10.6 Å². The van der Waals surface area contributed by atoms with E-state index < -0.39 is 0 Å². The Balaban J connectivity index is 1.40. The molecule has 1 atom stereocenters. The Morgan fingerprint density at radius 2 is 2.42 bits per heavy atom. The monoisotopic (exact) mass is 324 g/mol. The third-order valence-electron chi connectivity index (χ3n) is 3.97. The van der Waals surface area contributed by atoms with Crippen molar-refractivity contribution in [1.29, 1.82) is 0 Å². The van der Waals surface area contributed by atoms with Crippen molar-refractivity contribution in [3.63, 3.8) is 0 Å². The van der Waals surface area contributed by atoms with Crippen LogP contribution in [0, 0.1) is 0 Å². The van der Waals surface area contributed by atoms with E-state index in [0.717, 1.165) is 24.4 Å². The largest absolute Gasteiger partial charge is 0.465 e. The van der Waals surface area contributed by atoms with Gasteiger partial charge in [0, 0.05) is 37.6 Å². The predicted octanol–water partition coefficient (Wildman–Crippen LogP) is 1.13. The zero-order valence-electron chi connectivity index (χ0n) is 12.9. The first kappa shape index (κ1) is 14.4. The van der Waals surface area contributed by atoms with Gasteiger partial charge in [-0.2, -0.15) is 0 Å². The van der Waals surface area contributed by atoms with Crippen LogP contribution in [-0.4, -0.2) is 44.6 Å². The van der Waals surface area contributed by atoms with Crippen molar-refractivity contribution in [3.8, 4) is 0 Å². The highest BCUT2D eigenvalue weighted by atomic mass is 16.3. The summed E-state index contributed by atoms with van der Waals surface area (Å²) >= 11 is 0. The summed E-state index contributed by atoms with van der Waals surface area (Å²) in [6.45, 7) is 1.51. The first-order chi connectivity index (χ1) is 11.8. The number of aromatic nitrogens is 4. The van der Waals surface area contributed by atoms with Gasteiger partial charge in [0.1, 0.15) is 12.1 Å². The second-order valence-corrected chi connectivity index (χ2v) is 5.60. The van der Waals surface area contributed by atoms with Crippen LogP contribution in [0.25, 0.3) is 11.7 Å². The molecule has 4 heterocycles. The lowest BCUT2D eigenvalue weighted by Crippen LogP contribution is -2.36. The van der Waals surface area contributed by atoms with Crippen LogP contribution in [0.2, 0.25) is 0 Å². The number of nitrogens with zero attached hydrogens (tertiary/aromatic N) is 5. The van der Waals surface area contributed by atoms with Gasteiger partial charge in [-0.25, -0.2) is 4.98 Å². The highest BCUT2D eigenvalue weighted by molar-refractivity contribution is 5.91. The van der Waals surface area contributed by atoms with Gasteiger partial charge in [0.05, 0.1) is 6.26 Å². The molecule has 1 aliphatic heterocycles. The number of hydrogen-bond donors (Lipinski definition) is 1. The van der Waals surface area contributed by atoms with Crippen molar-refractivity contribution < 1.29 is 9.21 Å². The molecule has 8 nitrogen and oxygen atoms in total. The number of carbonyl (C=O) groups is 1. The number of amides is 1. The molecule has 1 aliphatic rings. The summed E-state index contributed by atoms with van der Waals surface area (Å²) < 4.78 is 7.00. The van der Waals surface area contributed by atoms with Gasteiger partial charge in [0.15, 0.2) is 5.82 Å². The maximum Gasteiger partial charge on any atom is 0.244 e. The normalized spacial score (nSPS) is 17.8. The van der Waals surface area contributed by atoms with Gasteiger partial charge < -0.3 is 14.6 Å². The average Bonchev–Trinajstić information content (AvgIpc) is 3.33. The van der Waals surface area contributed by atoms with Gasteiger partial charge in [-0.1, -0.05) is 0 Å². The van der Waals surface area contributed by atoms with Crippen LogP contribution in [0.5, 0.6) is 0 Å². The lowest BCUT2D eigenvalue weighted by atomic mass is 10.2. The molecule has 8 heteroatoms. The van der Waals surface area contributed by atoms with E-state index in [1.165, 1.54) is 6.08 Å². The summed E-state index contributed by atoms with van der Waals surface area (Å²) in [6, 6.07) is 3.65. The fourth-order valence-electron chi connectivity index (χ4n) is 2.83. The zero-order chi connectivity index (χ0) is 16.4. The molecule has 3 aromatic rings. The van der Waals surface area contributed by atoms with Crippen LogP contribution >= 0.6 is 0 Å². The van der Waals surface area contributed by atoms with Crippen molar-refractivity contribution >= 4 is 23.4 Å². The molecule has 0 bridgehead atoms. The van der Waals surface area contributed by atoms with Crippen LogP contribution in [0.3, 0.4) is 0 Å². The molecule has 0 aliphatic carbocycles. The Hall–Kier alpha value is -3.16. The molecule has 122 valence electrons. The van der Waals surface area contributed by atoms with E-state index in [2.05, 4.69) is 25.4 Å². The average molecular weight is 324 g/mol. The van der Waals surface area contributed by atoms with E-state index >= 15 is 0 Å². The molecular formula is C16H16N6O2. The fourth-order valence-corrected chi connectivity index (χ4v) is 2.83. The molecule has 3 aromatic heterocycles. The second kappa shape index (κ2) is 6.15. The highest BCUT2D eigenvalue weighted by Crippen LogP contribution is 2.21. The molecule has 1 saturated heterocycles. The van der Waals surface area contributed by atoms with E-state index in [1.54, 1.807) is 37.0 Å². The van der Waals surface area contributed by atoms with E-state index in [-0.39, 0.29) is 11.9 Å². The lowest BCUT2D eigenvalue weighted by molar-refractivity contribution is -0.117. The van der Waals surface area contributed by atoms with Gasteiger partial charge in [-0.3, -0.25) is 9.20 Å². The fraction of sp³-hybridized carbons (Fsp3) is 0.250. The quantitative estimate of drug-likeness (QED) is 0.724. The highest BCUT2D eigenvalue weighted by Gasteiger charge is 2.26. The SMILES string of the molecule is O=C(/C=C/c1ccco1)NC1CCN(c2nccn3cnnc23)C1. The summed E-state index contributed by atoms with van der Waals surface area (Å²) in [5.41, 5.74) is 0.724. The Morgan fingerprint density at radius 1 is 1.46 bits per heavy atom. The van der Waals surface area contributed by atoms with Crippen LogP contribution in [0.1, 0.15) is 12.2 Å². The first-order valence-corrected chi connectivity index (χ1v) is 7.71. The lowest BCUT2D eigenvalue weighted by Gasteiger charge is -2.17. The number of anilines is 1. The van der Waals surface area contributed by atoms with Crippen molar-refractivity contribution in [2.24, 2.45) is 0 Å². The third-order valence-corrected chi connectivity index (χ3v) is 3.97. The third kappa shape index (κ3) is 2.85. The Kier molecular flexibility index (Phi) is 3.70. The standard InChI is InChI=1S/C16H16N6O2/c23-14(4-3-13-2-1-9-24-13)19-12-5-7-21(10-12)15-16-20-18-11-22(16)8-6-17-15/h1-4,6,8-9,11-12H,5,7,10H2,(H,19,23)/b4-3+. The number of fused-ring (bicyclic) bond motifs is 1. The number of nitrogens with one attached hydrogen (secondary N) is 1. The van der Waals surface area contributed by atoms with E-state index in [9.17, 15) is 4.79 Å². The summed E-state index contributed by atoms with van der Waals surface area (Å²) in [5.74, 6) is 1.31. The predicted molar refractivity (Wildman–Crippen MR) is 87.3 cm³/mol. The molecule has 1 amide bonds. The summed E-state index contributed by atoms with van der Waals surface area (Å²) in [6.07, 6.45) is 10.8. The van der Waals surface area contributed by atoms with E-state index in [4.69, 9.17) is 4.42 Å². The molecule has 0 saturated carbocycles. The van der Waals surface area contributed by atoms with Crippen molar-refractivity contribution in [3.05, 3.63) is 49.0 Å². The molecule has 1 unspecified atom stereocenters. The summed E-state index contributed by atoms with van der Waals surface area (Å²) in [7, 11) is 0. The molecule has 1 fully saturated rings. The first-order valence-electron chi connectivity index (χ1n) is 7.71. The van der Waals surface area contributed by atoms with Crippen molar-refractivity contribution in [2.45, 2.75) is 12.5 Å². The minimum atomic E-state index is -0.133. The smallest absolute Gasteiger partial charge is 0.244 e. The van der Waals surface area contributed by atoms with Gasteiger partial charge >= 0.3 is 0 Å². The number of furan rings is 1. The number of carbonyl (C=O) groups excluding carboxylic acids is 1. The number of hydrogen-bond acceptors (Lipinski definition) is 6. The minimum absolute atomic E-state index is 0.0729. The zero-order valence-corrected chi connectivity index (χ0v) is 12.9. The van der Waals surface area contributed by atoms with Crippen molar-refractivity contribution in [2.75, 3.05) is 18.0 Å². The molecule has 1 N–H and O–H groups in total. The summed E-state index contributed by atoms with van der Waals surface area (Å²) in [4.78, 5) is 18.5. The molecular weight excluding hydrogens is 308 g/mol. The maximum atomic E-state index is 12.0. The van der Waals surface area contributed by atoms with Crippen molar-refractivity contribution in [1.82, 2.24) is 24.9 Å². The van der Waals surface area contributed by atoms with Gasteiger partial charge in [0.25, 0.3) is 0 Å². The van der Waals surface area contributed by atoms with E-state index in [0.29, 0.717) is 12.3 Å². The minimum Gasteiger partial charge on any atom is -0.465 e. The topological polar surface area (TPSA) is 88.6 Å². The second-order valence-electron chi connectivity index (χ2n) is 5.60. The maximum absolute atomic E-state index is 12.0. The van der Waals surface area contributed by atoms with Crippen LogP contribution in [0.4, 0.5) is 5.82 Å². The van der Waals surface area contributed by atoms with Gasteiger partial charge in [-0.05, 0) is 24.6 Å². The van der Waals surface area contributed by atoms with Gasteiger partial charge in [0.2, 0.25) is 11.6 Å². The molecule has 0 spiro atoms. The Morgan fingerprint density at radius 3 is 3.29 bits per heavy atom. The molecule has 0 radical (unpaired) electrons.